The van der Waals surface area contributed by atoms with Crippen molar-refractivity contribution in [3.8, 4) is 0 Å². The van der Waals surface area contributed by atoms with Crippen LogP contribution in [-0.2, 0) is 11.2 Å². The molecule has 0 radical (unpaired) electrons. The molecule has 2 aliphatic carbocycles. The molecular formula is C22H31FN2O. The zero-order valence-corrected chi connectivity index (χ0v) is 15.6. The first-order chi connectivity index (χ1) is 12.6. The summed E-state index contributed by atoms with van der Waals surface area (Å²) >= 11 is 0. The second kappa shape index (κ2) is 7.67. The van der Waals surface area contributed by atoms with Crippen LogP contribution in [0.3, 0.4) is 0 Å². The third kappa shape index (κ3) is 3.66. The number of carbonyl (C=O) groups is 1. The molecule has 0 aromatic heterocycles. The van der Waals surface area contributed by atoms with Gasteiger partial charge in [0.15, 0.2) is 0 Å². The average molecular weight is 359 g/mol. The summed E-state index contributed by atoms with van der Waals surface area (Å²) in [6, 6.07) is 7.39. The van der Waals surface area contributed by atoms with E-state index in [0.29, 0.717) is 29.7 Å². The number of hydrogen-bond donors (Lipinski definition) is 1. The standard InChI is InChI=1S/C22H31FN2O/c23-20-7-2-1-4-16(20)12-15-8-10-25(11-9-15)22(26)19-13-17-5-3-6-18(14-19)21(17)24/h1-2,4,7,15,17-19,21H,3,5-6,8-14,24H2. The SMILES string of the molecule is NC1C2CCCC1CC(C(=O)N1CCC(Cc3ccccc3F)CC1)C2. The molecule has 1 aliphatic heterocycles. The smallest absolute Gasteiger partial charge is 0.225 e. The molecule has 142 valence electrons. The molecule has 3 fully saturated rings. The fraction of sp³-hybridized carbons (Fsp3) is 0.682. The van der Waals surface area contributed by atoms with Crippen LogP contribution in [0.4, 0.5) is 4.39 Å². The lowest BCUT2D eigenvalue weighted by molar-refractivity contribution is -0.140. The van der Waals surface area contributed by atoms with Gasteiger partial charge in [0.1, 0.15) is 5.82 Å². The highest BCUT2D eigenvalue weighted by atomic mass is 19.1. The molecule has 2 unspecified atom stereocenters. The van der Waals surface area contributed by atoms with Gasteiger partial charge in [-0.3, -0.25) is 4.79 Å². The Morgan fingerprint density at radius 3 is 2.38 bits per heavy atom. The number of likely N-dealkylation sites (tertiary alicyclic amines) is 1. The van der Waals surface area contributed by atoms with Crippen LogP contribution >= 0.6 is 0 Å². The quantitative estimate of drug-likeness (QED) is 0.894. The van der Waals surface area contributed by atoms with Gasteiger partial charge in [0.05, 0.1) is 0 Å². The monoisotopic (exact) mass is 358 g/mol. The minimum Gasteiger partial charge on any atom is -0.342 e. The molecule has 2 N–H and O–H groups in total. The maximum absolute atomic E-state index is 13.9. The van der Waals surface area contributed by atoms with E-state index in [1.165, 1.54) is 19.3 Å². The number of rotatable bonds is 3. The number of hydrogen-bond acceptors (Lipinski definition) is 2. The Morgan fingerprint density at radius 2 is 1.73 bits per heavy atom. The van der Waals surface area contributed by atoms with Gasteiger partial charge in [-0.15, -0.1) is 0 Å². The number of piperidine rings is 1. The first kappa shape index (κ1) is 18.0. The third-order valence-corrected chi connectivity index (χ3v) is 7.15. The van der Waals surface area contributed by atoms with Crippen molar-refractivity contribution in [3.63, 3.8) is 0 Å². The predicted molar refractivity (Wildman–Crippen MR) is 101 cm³/mol. The molecule has 0 spiro atoms. The zero-order chi connectivity index (χ0) is 18.1. The normalized spacial score (nSPS) is 32.5. The lowest BCUT2D eigenvalue weighted by Crippen LogP contribution is -2.50. The van der Waals surface area contributed by atoms with E-state index in [2.05, 4.69) is 4.90 Å². The summed E-state index contributed by atoms with van der Waals surface area (Å²) in [6.45, 7) is 1.66. The van der Waals surface area contributed by atoms with Crippen molar-refractivity contribution in [1.82, 2.24) is 4.90 Å². The Balaban J connectivity index is 1.30. The summed E-state index contributed by atoms with van der Waals surface area (Å²) in [6.07, 6.45) is 8.43. The number of halogens is 1. The van der Waals surface area contributed by atoms with Gasteiger partial charge in [-0.1, -0.05) is 24.6 Å². The van der Waals surface area contributed by atoms with Crippen molar-refractivity contribution in [3.05, 3.63) is 35.6 Å². The fourth-order valence-corrected chi connectivity index (χ4v) is 5.58. The van der Waals surface area contributed by atoms with Crippen LogP contribution in [0.5, 0.6) is 0 Å². The zero-order valence-electron chi connectivity index (χ0n) is 15.6. The van der Waals surface area contributed by atoms with Gasteiger partial charge in [0, 0.05) is 25.0 Å². The lowest BCUT2D eigenvalue weighted by atomic mass is 9.65. The molecule has 3 aliphatic rings. The van der Waals surface area contributed by atoms with Gasteiger partial charge in [-0.05, 0) is 74.3 Å². The summed E-state index contributed by atoms with van der Waals surface area (Å²) in [5.74, 6) is 2.03. The van der Waals surface area contributed by atoms with Gasteiger partial charge in [-0.2, -0.15) is 0 Å². The minimum atomic E-state index is -0.101. The summed E-state index contributed by atoms with van der Waals surface area (Å²) in [5, 5.41) is 0. The molecule has 4 heteroatoms. The first-order valence-electron chi connectivity index (χ1n) is 10.4. The second-order valence-electron chi connectivity index (χ2n) is 8.76. The van der Waals surface area contributed by atoms with Crippen LogP contribution < -0.4 is 5.73 Å². The topological polar surface area (TPSA) is 46.3 Å². The van der Waals surface area contributed by atoms with Crippen molar-refractivity contribution in [2.45, 2.75) is 57.4 Å². The molecule has 2 saturated carbocycles. The lowest BCUT2D eigenvalue weighted by Gasteiger charge is -2.45. The van der Waals surface area contributed by atoms with Crippen LogP contribution in [0.1, 0.15) is 50.5 Å². The third-order valence-electron chi connectivity index (χ3n) is 7.15. The van der Waals surface area contributed by atoms with Crippen LogP contribution in [0.25, 0.3) is 0 Å². The number of fused-ring (bicyclic) bond motifs is 2. The van der Waals surface area contributed by atoms with Crippen molar-refractivity contribution in [2.24, 2.45) is 29.4 Å². The number of amides is 1. The Hall–Kier alpha value is -1.42. The summed E-state index contributed by atoms with van der Waals surface area (Å²) < 4.78 is 13.9. The van der Waals surface area contributed by atoms with Crippen LogP contribution in [0.2, 0.25) is 0 Å². The Morgan fingerprint density at radius 1 is 1.08 bits per heavy atom. The predicted octanol–water partition coefficient (Wildman–Crippen LogP) is 3.76. The fourth-order valence-electron chi connectivity index (χ4n) is 5.58. The van der Waals surface area contributed by atoms with E-state index < -0.39 is 0 Å². The highest BCUT2D eigenvalue weighted by Crippen LogP contribution is 2.42. The summed E-state index contributed by atoms with van der Waals surface area (Å²) in [7, 11) is 0. The largest absolute Gasteiger partial charge is 0.342 e. The highest BCUT2D eigenvalue weighted by molar-refractivity contribution is 5.79. The minimum absolute atomic E-state index is 0.101. The van der Waals surface area contributed by atoms with Gasteiger partial charge < -0.3 is 10.6 Å². The Labute approximate surface area is 156 Å². The van der Waals surface area contributed by atoms with E-state index in [9.17, 15) is 9.18 Å². The van der Waals surface area contributed by atoms with E-state index in [0.717, 1.165) is 50.8 Å². The van der Waals surface area contributed by atoms with Gasteiger partial charge in [-0.25, -0.2) is 4.39 Å². The highest BCUT2D eigenvalue weighted by Gasteiger charge is 2.41. The maximum Gasteiger partial charge on any atom is 0.225 e. The van der Waals surface area contributed by atoms with Gasteiger partial charge in [0.2, 0.25) is 5.91 Å². The molecule has 26 heavy (non-hydrogen) atoms. The molecule has 1 heterocycles. The summed E-state index contributed by atoms with van der Waals surface area (Å²) in [5.41, 5.74) is 7.18. The van der Waals surface area contributed by atoms with E-state index in [1.807, 2.05) is 12.1 Å². The molecule has 2 atom stereocenters. The second-order valence-corrected chi connectivity index (χ2v) is 8.76. The van der Waals surface area contributed by atoms with Crippen LogP contribution in [0, 0.1) is 29.5 Å². The van der Waals surface area contributed by atoms with E-state index >= 15 is 0 Å². The number of nitrogens with two attached hydrogens (primary N) is 1. The molecule has 3 nitrogen and oxygen atoms in total. The molecule has 4 rings (SSSR count). The van der Waals surface area contributed by atoms with E-state index in [4.69, 9.17) is 5.73 Å². The van der Waals surface area contributed by atoms with Gasteiger partial charge in [0.25, 0.3) is 0 Å². The molecule has 1 aromatic carbocycles. The van der Waals surface area contributed by atoms with Crippen molar-refractivity contribution >= 4 is 5.91 Å². The van der Waals surface area contributed by atoms with Crippen molar-refractivity contribution in [1.29, 1.82) is 0 Å². The molecular weight excluding hydrogens is 327 g/mol. The molecule has 1 amide bonds. The summed E-state index contributed by atoms with van der Waals surface area (Å²) in [4.78, 5) is 15.1. The number of benzene rings is 1. The molecule has 1 saturated heterocycles. The Bertz CT molecular complexity index is 627. The molecule has 1 aromatic rings. The van der Waals surface area contributed by atoms with E-state index in [1.54, 1.807) is 12.1 Å². The van der Waals surface area contributed by atoms with Gasteiger partial charge >= 0.3 is 0 Å². The van der Waals surface area contributed by atoms with Crippen LogP contribution in [0.15, 0.2) is 24.3 Å². The number of carbonyl (C=O) groups excluding carboxylic acids is 1. The van der Waals surface area contributed by atoms with Crippen molar-refractivity contribution < 1.29 is 9.18 Å². The first-order valence-corrected chi connectivity index (χ1v) is 10.4. The van der Waals surface area contributed by atoms with E-state index in [-0.39, 0.29) is 11.7 Å². The number of nitrogens with zero attached hydrogens (tertiary/aromatic N) is 1. The average Bonchev–Trinajstić information content (AvgIpc) is 2.63. The van der Waals surface area contributed by atoms with Crippen LogP contribution in [-0.4, -0.2) is 29.9 Å². The Kier molecular flexibility index (Phi) is 5.30. The maximum atomic E-state index is 13.9. The molecule has 2 bridgehead atoms. The van der Waals surface area contributed by atoms with Crippen molar-refractivity contribution in [2.75, 3.05) is 13.1 Å².